The monoisotopic (exact) mass is 262 g/mol. The molecule has 0 aliphatic heterocycles. The molecule has 0 amide bonds. The predicted octanol–water partition coefficient (Wildman–Crippen LogP) is 2.31. The van der Waals surface area contributed by atoms with Gasteiger partial charge >= 0.3 is 0 Å². The highest BCUT2D eigenvalue weighted by molar-refractivity contribution is 7.17. The first-order chi connectivity index (χ1) is 8.40. The van der Waals surface area contributed by atoms with Crippen LogP contribution in [0.1, 0.15) is 17.3 Å². The SMILES string of the molecule is NNC(c1cnsn1)c1cccc2ccsc12. The van der Waals surface area contributed by atoms with Crippen molar-refractivity contribution in [1.29, 1.82) is 0 Å². The highest BCUT2D eigenvalue weighted by atomic mass is 32.1. The fourth-order valence-corrected chi connectivity index (χ4v) is 3.27. The van der Waals surface area contributed by atoms with Crippen LogP contribution in [0.4, 0.5) is 0 Å². The standard InChI is InChI=1S/C11H10N4S2/c12-14-10(9-6-13-17-15-9)8-3-1-2-7-4-5-16-11(7)8/h1-6,10,14H,12H2. The Balaban J connectivity index is 2.16. The van der Waals surface area contributed by atoms with Crippen molar-refractivity contribution in [2.24, 2.45) is 5.84 Å². The average Bonchev–Trinajstić information content (AvgIpc) is 3.00. The van der Waals surface area contributed by atoms with Crippen LogP contribution >= 0.6 is 23.1 Å². The number of nitrogens with two attached hydrogens (primary N) is 1. The van der Waals surface area contributed by atoms with E-state index < -0.39 is 0 Å². The van der Waals surface area contributed by atoms with Gasteiger partial charge in [0.2, 0.25) is 0 Å². The number of hydrazine groups is 1. The zero-order valence-electron chi connectivity index (χ0n) is 8.83. The van der Waals surface area contributed by atoms with Crippen LogP contribution < -0.4 is 11.3 Å². The lowest BCUT2D eigenvalue weighted by atomic mass is 10.0. The third-order valence-corrected chi connectivity index (χ3v) is 4.13. The molecule has 1 aromatic carbocycles. The number of aromatic nitrogens is 2. The molecular formula is C11H10N4S2. The minimum Gasteiger partial charge on any atom is -0.271 e. The Hall–Kier alpha value is -1.34. The number of hydrogen-bond acceptors (Lipinski definition) is 6. The highest BCUT2D eigenvalue weighted by Crippen LogP contribution is 2.31. The van der Waals surface area contributed by atoms with E-state index in [9.17, 15) is 0 Å². The van der Waals surface area contributed by atoms with Crippen LogP contribution in [-0.2, 0) is 0 Å². The average molecular weight is 262 g/mol. The molecule has 2 heterocycles. The molecule has 0 radical (unpaired) electrons. The molecule has 6 heteroatoms. The quantitative estimate of drug-likeness (QED) is 0.561. The summed E-state index contributed by atoms with van der Waals surface area (Å²) in [6, 6.07) is 8.21. The minimum atomic E-state index is -0.101. The van der Waals surface area contributed by atoms with Crippen LogP contribution in [0, 0.1) is 0 Å². The fraction of sp³-hybridized carbons (Fsp3) is 0.0909. The Morgan fingerprint density at radius 2 is 2.24 bits per heavy atom. The van der Waals surface area contributed by atoms with Gasteiger partial charge in [-0.2, -0.15) is 8.75 Å². The van der Waals surface area contributed by atoms with Gasteiger partial charge in [0.05, 0.1) is 29.7 Å². The highest BCUT2D eigenvalue weighted by Gasteiger charge is 2.17. The summed E-state index contributed by atoms with van der Waals surface area (Å²) in [5, 5.41) is 3.32. The van der Waals surface area contributed by atoms with Crippen LogP contribution in [0.3, 0.4) is 0 Å². The van der Waals surface area contributed by atoms with Crippen molar-refractivity contribution >= 4 is 33.2 Å². The Kier molecular flexibility index (Phi) is 2.86. The van der Waals surface area contributed by atoms with Gasteiger partial charge in [0, 0.05) is 4.70 Å². The van der Waals surface area contributed by atoms with Gasteiger partial charge in [-0.05, 0) is 22.4 Å². The lowest BCUT2D eigenvalue weighted by Crippen LogP contribution is -2.29. The molecule has 0 saturated heterocycles. The lowest BCUT2D eigenvalue weighted by Gasteiger charge is -2.14. The summed E-state index contributed by atoms with van der Waals surface area (Å²) in [5.41, 5.74) is 4.82. The first-order valence-corrected chi connectivity index (χ1v) is 6.71. The van der Waals surface area contributed by atoms with E-state index in [0.717, 1.165) is 11.3 Å². The van der Waals surface area contributed by atoms with E-state index in [0.29, 0.717) is 0 Å². The van der Waals surface area contributed by atoms with E-state index in [2.05, 4.69) is 37.8 Å². The molecule has 86 valence electrons. The van der Waals surface area contributed by atoms with Crippen molar-refractivity contribution in [2.75, 3.05) is 0 Å². The van der Waals surface area contributed by atoms with Gasteiger partial charge in [0.15, 0.2) is 0 Å². The minimum absolute atomic E-state index is 0.101. The van der Waals surface area contributed by atoms with E-state index >= 15 is 0 Å². The molecule has 0 saturated carbocycles. The molecule has 0 aliphatic carbocycles. The second-order valence-corrected chi connectivity index (χ2v) is 5.09. The first-order valence-electron chi connectivity index (χ1n) is 5.10. The number of rotatable bonds is 3. The van der Waals surface area contributed by atoms with Crippen LogP contribution in [0.15, 0.2) is 35.8 Å². The third kappa shape index (κ3) is 1.85. The number of hydrogen-bond donors (Lipinski definition) is 2. The molecule has 0 aliphatic rings. The smallest absolute Gasteiger partial charge is 0.0971 e. The molecule has 1 atom stereocenters. The molecule has 0 spiro atoms. The van der Waals surface area contributed by atoms with E-state index in [1.165, 1.54) is 21.8 Å². The van der Waals surface area contributed by atoms with Crippen molar-refractivity contribution in [1.82, 2.24) is 14.2 Å². The number of nitrogens with zero attached hydrogens (tertiary/aromatic N) is 2. The van der Waals surface area contributed by atoms with Gasteiger partial charge in [-0.1, -0.05) is 18.2 Å². The van der Waals surface area contributed by atoms with Crippen molar-refractivity contribution in [3.8, 4) is 0 Å². The van der Waals surface area contributed by atoms with E-state index in [1.54, 1.807) is 17.5 Å². The maximum Gasteiger partial charge on any atom is 0.0971 e. The summed E-state index contributed by atoms with van der Waals surface area (Å²) in [7, 11) is 0. The largest absolute Gasteiger partial charge is 0.271 e. The molecule has 0 fully saturated rings. The molecule has 3 N–H and O–H groups in total. The van der Waals surface area contributed by atoms with Crippen molar-refractivity contribution in [3.63, 3.8) is 0 Å². The van der Waals surface area contributed by atoms with Gasteiger partial charge in [-0.15, -0.1) is 11.3 Å². The van der Waals surface area contributed by atoms with Crippen LogP contribution in [0.5, 0.6) is 0 Å². The zero-order chi connectivity index (χ0) is 11.7. The third-order valence-electron chi connectivity index (χ3n) is 2.66. The first kappa shape index (κ1) is 10.8. The molecule has 17 heavy (non-hydrogen) atoms. The Morgan fingerprint density at radius 3 is 3.00 bits per heavy atom. The van der Waals surface area contributed by atoms with E-state index in [1.807, 2.05) is 6.07 Å². The van der Waals surface area contributed by atoms with Gasteiger partial charge in [-0.3, -0.25) is 5.84 Å². The molecule has 4 nitrogen and oxygen atoms in total. The van der Waals surface area contributed by atoms with Crippen LogP contribution in [0.2, 0.25) is 0 Å². The second kappa shape index (κ2) is 4.50. The lowest BCUT2D eigenvalue weighted by molar-refractivity contribution is 0.630. The van der Waals surface area contributed by atoms with Gasteiger partial charge in [0.1, 0.15) is 0 Å². The predicted molar refractivity (Wildman–Crippen MR) is 70.9 cm³/mol. The summed E-state index contributed by atoms with van der Waals surface area (Å²) in [6.45, 7) is 0. The molecule has 3 aromatic rings. The van der Waals surface area contributed by atoms with Gasteiger partial charge in [-0.25, -0.2) is 5.43 Å². The van der Waals surface area contributed by atoms with Gasteiger partial charge in [0.25, 0.3) is 0 Å². The van der Waals surface area contributed by atoms with E-state index in [4.69, 9.17) is 5.84 Å². The van der Waals surface area contributed by atoms with Crippen molar-refractivity contribution in [3.05, 3.63) is 47.1 Å². The molecular weight excluding hydrogens is 252 g/mol. The Bertz CT molecular complexity index is 617. The Labute approximate surface area is 106 Å². The number of nitrogens with one attached hydrogen (secondary N) is 1. The van der Waals surface area contributed by atoms with Crippen molar-refractivity contribution in [2.45, 2.75) is 6.04 Å². The second-order valence-electron chi connectivity index (χ2n) is 3.62. The maximum atomic E-state index is 5.65. The summed E-state index contributed by atoms with van der Waals surface area (Å²) in [6.07, 6.45) is 1.75. The fourth-order valence-electron chi connectivity index (χ4n) is 1.88. The number of thiophene rings is 1. The molecule has 2 aromatic heterocycles. The van der Waals surface area contributed by atoms with E-state index in [-0.39, 0.29) is 6.04 Å². The zero-order valence-corrected chi connectivity index (χ0v) is 10.5. The number of fused-ring (bicyclic) bond motifs is 1. The Morgan fingerprint density at radius 1 is 1.29 bits per heavy atom. The van der Waals surface area contributed by atoms with Crippen LogP contribution in [-0.4, -0.2) is 8.75 Å². The summed E-state index contributed by atoms with van der Waals surface area (Å²) < 4.78 is 9.51. The molecule has 1 unspecified atom stereocenters. The molecule has 3 rings (SSSR count). The van der Waals surface area contributed by atoms with Gasteiger partial charge < -0.3 is 0 Å². The summed E-state index contributed by atoms with van der Waals surface area (Å²) >= 11 is 2.91. The molecule has 0 bridgehead atoms. The topological polar surface area (TPSA) is 63.8 Å². The number of benzene rings is 1. The van der Waals surface area contributed by atoms with Crippen molar-refractivity contribution < 1.29 is 0 Å². The summed E-state index contributed by atoms with van der Waals surface area (Å²) in [4.78, 5) is 0. The maximum absolute atomic E-state index is 5.65. The summed E-state index contributed by atoms with van der Waals surface area (Å²) in [5.74, 6) is 5.65. The van der Waals surface area contributed by atoms with Crippen LogP contribution in [0.25, 0.3) is 10.1 Å². The normalized spacial score (nSPS) is 13.0.